The van der Waals surface area contributed by atoms with Gasteiger partial charge in [0.1, 0.15) is 10.7 Å². The lowest BCUT2D eigenvalue weighted by Crippen LogP contribution is -2.22. The fraction of sp³-hybridized carbons (Fsp3) is 0.308. The van der Waals surface area contributed by atoms with Gasteiger partial charge in [-0.1, -0.05) is 11.3 Å². The standard InChI is InChI=1S/C13H17N5O2S/c1-18(2)13-17-11(14)10(21-13)12(19)16-7-8-4-5-15-9(6-8)20-3/h4-6H,7,14H2,1-3H3,(H,16,19). The van der Waals surface area contributed by atoms with Crippen molar-refractivity contribution in [2.24, 2.45) is 0 Å². The Morgan fingerprint density at radius 2 is 2.29 bits per heavy atom. The number of rotatable bonds is 5. The number of carbonyl (C=O) groups excluding carboxylic acids is 1. The molecule has 0 radical (unpaired) electrons. The van der Waals surface area contributed by atoms with Crippen molar-refractivity contribution < 1.29 is 9.53 Å². The predicted molar refractivity (Wildman–Crippen MR) is 82.8 cm³/mol. The highest BCUT2D eigenvalue weighted by molar-refractivity contribution is 7.18. The van der Waals surface area contributed by atoms with Gasteiger partial charge in [0.25, 0.3) is 5.91 Å². The summed E-state index contributed by atoms with van der Waals surface area (Å²) in [6.45, 7) is 0.367. The fourth-order valence-corrected chi connectivity index (χ4v) is 2.43. The van der Waals surface area contributed by atoms with Crippen LogP contribution in [-0.4, -0.2) is 37.1 Å². The zero-order valence-corrected chi connectivity index (χ0v) is 12.9. The molecule has 0 aliphatic rings. The molecule has 3 N–H and O–H groups in total. The maximum Gasteiger partial charge on any atom is 0.265 e. The molecule has 0 aliphatic carbocycles. The average Bonchev–Trinajstić information content (AvgIpc) is 2.87. The van der Waals surface area contributed by atoms with Gasteiger partial charge in [-0.15, -0.1) is 0 Å². The first kappa shape index (κ1) is 15.0. The van der Waals surface area contributed by atoms with E-state index in [-0.39, 0.29) is 11.7 Å². The van der Waals surface area contributed by atoms with Crippen LogP contribution in [0.4, 0.5) is 10.9 Å². The van der Waals surface area contributed by atoms with E-state index in [9.17, 15) is 4.79 Å². The van der Waals surface area contributed by atoms with E-state index in [0.717, 1.165) is 5.56 Å². The van der Waals surface area contributed by atoms with E-state index >= 15 is 0 Å². The molecule has 0 fully saturated rings. The number of anilines is 2. The molecule has 0 unspecified atom stereocenters. The molecule has 0 atom stereocenters. The van der Waals surface area contributed by atoms with Gasteiger partial charge < -0.3 is 20.7 Å². The third kappa shape index (κ3) is 3.60. The zero-order chi connectivity index (χ0) is 15.4. The predicted octanol–water partition coefficient (Wildman–Crippen LogP) is 1.12. The summed E-state index contributed by atoms with van der Waals surface area (Å²) in [5, 5.41) is 3.51. The molecular formula is C13H17N5O2S. The third-order valence-electron chi connectivity index (χ3n) is 2.69. The number of aromatic nitrogens is 2. The van der Waals surface area contributed by atoms with Crippen molar-refractivity contribution in [3.05, 3.63) is 28.8 Å². The third-order valence-corrected chi connectivity index (χ3v) is 3.93. The lowest BCUT2D eigenvalue weighted by atomic mass is 10.2. The SMILES string of the molecule is COc1cc(CNC(=O)c2sc(N(C)C)nc2N)ccn1. The van der Waals surface area contributed by atoms with Crippen LogP contribution in [0, 0.1) is 0 Å². The highest BCUT2D eigenvalue weighted by Gasteiger charge is 2.16. The number of nitrogens with two attached hydrogens (primary N) is 1. The number of ether oxygens (including phenoxy) is 1. The minimum atomic E-state index is -0.242. The average molecular weight is 307 g/mol. The van der Waals surface area contributed by atoms with Crippen molar-refractivity contribution in [1.82, 2.24) is 15.3 Å². The largest absolute Gasteiger partial charge is 0.481 e. The van der Waals surface area contributed by atoms with Crippen LogP contribution in [0.3, 0.4) is 0 Å². The summed E-state index contributed by atoms with van der Waals surface area (Å²) in [5.41, 5.74) is 6.67. The van der Waals surface area contributed by atoms with E-state index in [0.29, 0.717) is 22.4 Å². The van der Waals surface area contributed by atoms with Crippen molar-refractivity contribution in [3.8, 4) is 5.88 Å². The van der Waals surface area contributed by atoms with Crippen LogP contribution in [0.5, 0.6) is 5.88 Å². The molecule has 0 spiro atoms. The molecule has 8 heteroatoms. The van der Waals surface area contributed by atoms with Gasteiger partial charge in [0.2, 0.25) is 5.88 Å². The summed E-state index contributed by atoms with van der Waals surface area (Å²) < 4.78 is 5.04. The monoisotopic (exact) mass is 307 g/mol. The van der Waals surface area contributed by atoms with Crippen LogP contribution in [0.1, 0.15) is 15.2 Å². The van der Waals surface area contributed by atoms with Crippen molar-refractivity contribution in [2.75, 3.05) is 31.8 Å². The van der Waals surface area contributed by atoms with E-state index in [1.54, 1.807) is 19.4 Å². The van der Waals surface area contributed by atoms with Crippen molar-refractivity contribution in [1.29, 1.82) is 0 Å². The summed E-state index contributed by atoms with van der Waals surface area (Å²) in [6, 6.07) is 3.58. The summed E-state index contributed by atoms with van der Waals surface area (Å²) in [7, 11) is 5.25. The number of nitrogen functional groups attached to an aromatic ring is 1. The van der Waals surface area contributed by atoms with E-state index in [1.165, 1.54) is 11.3 Å². The Hall–Kier alpha value is -2.35. The smallest absolute Gasteiger partial charge is 0.265 e. The second-order valence-corrected chi connectivity index (χ2v) is 5.47. The van der Waals surface area contributed by atoms with Crippen LogP contribution >= 0.6 is 11.3 Å². The molecule has 2 heterocycles. The zero-order valence-electron chi connectivity index (χ0n) is 12.1. The van der Waals surface area contributed by atoms with Gasteiger partial charge in [-0.25, -0.2) is 9.97 Å². The first-order chi connectivity index (χ1) is 10.0. The Kier molecular flexibility index (Phi) is 4.59. The highest BCUT2D eigenvalue weighted by atomic mass is 32.1. The topological polar surface area (TPSA) is 93.4 Å². The van der Waals surface area contributed by atoms with E-state index in [4.69, 9.17) is 10.5 Å². The first-order valence-corrected chi connectivity index (χ1v) is 7.03. The minimum absolute atomic E-state index is 0.242. The van der Waals surface area contributed by atoms with E-state index < -0.39 is 0 Å². The maximum absolute atomic E-state index is 12.1. The first-order valence-electron chi connectivity index (χ1n) is 6.22. The maximum atomic E-state index is 12.1. The van der Waals surface area contributed by atoms with Gasteiger partial charge in [-0.3, -0.25) is 4.79 Å². The lowest BCUT2D eigenvalue weighted by Gasteiger charge is -2.06. The fourth-order valence-electron chi connectivity index (χ4n) is 1.61. The van der Waals surface area contributed by atoms with Gasteiger partial charge in [0, 0.05) is 32.9 Å². The number of pyridine rings is 1. The summed E-state index contributed by atoms with van der Waals surface area (Å²) in [4.78, 5) is 22.5. The number of nitrogens with one attached hydrogen (secondary N) is 1. The number of methoxy groups -OCH3 is 1. The molecule has 0 aliphatic heterocycles. The molecule has 7 nitrogen and oxygen atoms in total. The molecule has 0 saturated heterocycles. The minimum Gasteiger partial charge on any atom is -0.481 e. The molecule has 1 amide bonds. The molecule has 2 rings (SSSR count). The number of hydrogen-bond acceptors (Lipinski definition) is 7. The van der Waals surface area contributed by atoms with Gasteiger partial charge in [-0.2, -0.15) is 0 Å². The molecule has 0 aromatic carbocycles. The summed E-state index contributed by atoms with van der Waals surface area (Å²) in [6.07, 6.45) is 1.63. The second-order valence-electron chi connectivity index (χ2n) is 4.49. The van der Waals surface area contributed by atoms with Crippen molar-refractivity contribution >= 4 is 28.2 Å². The normalized spacial score (nSPS) is 10.2. The number of carbonyl (C=O) groups is 1. The molecule has 0 saturated carbocycles. The van der Waals surface area contributed by atoms with Gasteiger partial charge >= 0.3 is 0 Å². The van der Waals surface area contributed by atoms with Crippen LogP contribution in [0.2, 0.25) is 0 Å². The van der Waals surface area contributed by atoms with E-state index in [1.807, 2.05) is 25.1 Å². The molecule has 112 valence electrons. The summed E-state index contributed by atoms with van der Waals surface area (Å²) >= 11 is 1.26. The Balaban J connectivity index is 2.04. The number of hydrogen-bond donors (Lipinski definition) is 2. The Bertz CT molecular complexity index is 641. The van der Waals surface area contributed by atoms with Crippen molar-refractivity contribution in [2.45, 2.75) is 6.54 Å². The molecular weight excluding hydrogens is 290 g/mol. The Morgan fingerprint density at radius 3 is 2.90 bits per heavy atom. The Labute approximate surface area is 126 Å². The van der Waals surface area contributed by atoms with Crippen LogP contribution in [0.15, 0.2) is 18.3 Å². The van der Waals surface area contributed by atoms with Crippen LogP contribution in [0.25, 0.3) is 0 Å². The number of nitrogens with zero attached hydrogens (tertiary/aromatic N) is 3. The van der Waals surface area contributed by atoms with Gasteiger partial charge in [-0.05, 0) is 11.6 Å². The van der Waals surface area contributed by atoms with Crippen LogP contribution in [-0.2, 0) is 6.54 Å². The Morgan fingerprint density at radius 1 is 1.52 bits per heavy atom. The highest BCUT2D eigenvalue weighted by Crippen LogP contribution is 2.26. The van der Waals surface area contributed by atoms with Crippen molar-refractivity contribution in [3.63, 3.8) is 0 Å². The quantitative estimate of drug-likeness (QED) is 0.860. The molecule has 0 bridgehead atoms. The van der Waals surface area contributed by atoms with E-state index in [2.05, 4.69) is 15.3 Å². The van der Waals surface area contributed by atoms with Gasteiger partial charge in [0.15, 0.2) is 5.13 Å². The van der Waals surface area contributed by atoms with Gasteiger partial charge in [0.05, 0.1) is 7.11 Å². The number of thiazole rings is 1. The molecule has 2 aromatic rings. The molecule has 2 aromatic heterocycles. The molecule has 21 heavy (non-hydrogen) atoms. The summed E-state index contributed by atoms with van der Waals surface area (Å²) in [5.74, 6) is 0.510. The van der Waals surface area contributed by atoms with Crippen LogP contribution < -0.4 is 20.7 Å². The second kappa shape index (κ2) is 6.40. The lowest BCUT2D eigenvalue weighted by molar-refractivity contribution is 0.0955. The number of amides is 1.